The van der Waals surface area contributed by atoms with Gasteiger partial charge in [0.2, 0.25) is 0 Å². The molecule has 1 unspecified atom stereocenters. The van der Waals surface area contributed by atoms with Gasteiger partial charge in [-0.25, -0.2) is 0 Å². The molecule has 1 aliphatic rings. The summed E-state index contributed by atoms with van der Waals surface area (Å²) in [6.45, 7) is 1.85. The second-order valence-corrected chi connectivity index (χ2v) is 8.20. The van der Waals surface area contributed by atoms with E-state index in [0.717, 1.165) is 5.56 Å². The number of hydrogen-bond donors (Lipinski definition) is 1. The lowest BCUT2D eigenvalue weighted by Crippen LogP contribution is -2.29. The number of aryl methyl sites for hydroxylation is 1. The summed E-state index contributed by atoms with van der Waals surface area (Å²) >= 11 is 12.3. The summed E-state index contributed by atoms with van der Waals surface area (Å²) in [5.74, 6) is -1.39. The van der Waals surface area contributed by atoms with E-state index in [4.69, 9.17) is 27.9 Å². The molecule has 1 amide bonds. The fraction of sp³-hybridized carbons (Fsp3) is 0.120. The Morgan fingerprint density at radius 2 is 1.69 bits per heavy atom. The molecule has 1 fully saturated rings. The van der Waals surface area contributed by atoms with Crippen molar-refractivity contribution in [1.82, 2.24) is 0 Å². The molecule has 0 radical (unpaired) electrons. The van der Waals surface area contributed by atoms with E-state index >= 15 is 0 Å². The van der Waals surface area contributed by atoms with Gasteiger partial charge in [0, 0.05) is 26.9 Å². The Balaban J connectivity index is 1.99. The van der Waals surface area contributed by atoms with Gasteiger partial charge in [0.15, 0.2) is 0 Å². The molecule has 1 heterocycles. The minimum absolute atomic E-state index is 0.0430. The van der Waals surface area contributed by atoms with Crippen LogP contribution >= 0.6 is 23.2 Å². The monoisotopic (exact) mass is 467 g/mol. The van der Waals surface area contributed by atoms with Crippen LogP contribution in [0.5, 0.6) is 5.75 Å². The molecular formula is C25H19Cl2NO4. The first-order valence-electron chi connectivity index (χ1n) is 9.79. The quantitative estimate of drug-likeness (QED) is 0.293. The lowest BCUT2D eigenvalue weighted by Gasteiger charge is -2.27. The second kappa shape index (κ2) is 8.69. The van der Waals surface area contributed by atoms with Crippen LogP contribution in [0.25, 0.3) is 5.76 Å². The van der Waals surface area contributed by atoms with Crippen molar-refractivity contribution in [1.29, 1.82) is 0 Å². The minimum Gasteiger partial charge on any atom is -0.507 e. The van der Waals surface area contributed by atoms with Crippen molar-refractivity contribution in [3.05, 3.63) is 99.0 Å². The number of methoxy groups -OCH3 is 1. The van der Waals surface area contributed by atoms with Crippen LogP contribution < -0.4 is 9.64 Å². The van der Waals surface area contributed by atoms with Crippen molar-refractivity contribution in [2.75, 3.05) is 12.0 Å². The molecule has 3 aromatic rings. The van der Waals surface area contributed by atoms with Gasteiger partial charge in [-0.2, -0.15) is 0 Å². The maximum atomic E-state index is 13.2. The number of rotatable bonds is 4. The van der Waals surface area contributed by atoms with Gasteiger partial charge in [0.25, 0.3) is 11.7 Å². The maximum Gasteiger partial charge on any atom is 0.300 e. The van der Waals surface area contributed by atoms with Crippen LogP contribution in [0.3, 0.4) is 0 Å². The molecule has 4 rings (SSSR count). The minimum atomic E-state index is -0.916. The number of aliphatic hydroxyl groups is 1. The highest BCUT2D eigenvalue weighted by molar-refractivity contribution is 6.52. The van der Waals surface area contributed by atoms with E-state index in [1.165, 1.54) is 12.0 Å². The number of halogens is 2. The molecule has 32 heavy (non-hydrogen) atoms. The van der Waals surface area contributed by atoms with Crippen LogP contribution in [0.15, 0.2) is 72.3 Å². The molecule has 0 bridgehead atoms. The zero-order chi connectivity index (χ0) is 23.0. The molecule has 0 aliphatic carbocycles. The number of para-hydroxylation sites is 1. The average Bonchev–Trinajstić information content (AvgIpc) is 3.06. The zero-order valence-electron chi connectivity index (χ0n) is 17.3. The summed E-state index contributed by atoms with van der Waals surface area (Å²) in [5.41, 5.74) is 2.16. The number of amides is 1. The third-order valence-electron chi connectivity index (χ3n) is 5.43. The van der Waals surface area contributed by atoms with Crippen molar-refractivity contribution in [2.45, 2.75) is 13.0 Å². The predicted molar refractivity (Wildman–Crippen MR) is 125 cm³/mol. The van der Waals surface area contributed by atoms with Crippen molar-refractivity contribution in [3.8, 4) is 5.75 Å². The molecule has 162 valence electrons. The van der Waals surface area contributed by atoms with Gasteiger partial charge in [-0.15, -0.1) is 0 Å². The topological polar surface area (TPSA) is 66.8 Å². The van der Waals surface area contributed by atoms with Gasteiger partial charge in [-0.05, 0) is 55.0 Å². The molecule has 5 nitrogen and oxygen atoms in total. The van der Waals surface area contributed by atoms with Gasteiger partial charge in [-0.1, -0.05) is 47.5 Å². The van der Waals surface area contributed by atoms with Crippen LogP contribution in [0, 0.1) is 6.92 Å². The smallest absolute Gasteiger partial charge is 0.300 e. The Bertz CT molecular complexity index is 1250. The summed E-state index contributed by atoms with van der Waals surface area (Å²) in [7, 11) is 1.51. The van der Waals surface area contributed by atoms with E-state index in [0.29, 0.717) is 32.6 Å². The Hall–Kier alpha value is -3.28. The van der Waals surface area contributed by atoms with Crippen LogP contribution in [-0.4, -0.2) is 23.9 Å². The molecule has 1 N–H and O–H groups in total. The molecule has 1 atom stereocenters. The number of anilines is 1. The number of nitrogens with zero attached hydrogens (tertiary/aromatic N) is 1. The first kappa shape index (κ1) is 21.9. The van der Waals surface area contributed by atoms with Crippen LogP contribution in [0.2, 0.25) is 10.0 Å². The summed E-state index contributed by atoms with van der Waals surface area (Å²) in [4.78, 5) is 27.7. The normalized spacial score (nSPS) is 17.6. The summed E-state index contributed by atoms with van der Waals surface area (Å²) in [5, 5.41) is 12.1. The lowest BCUT2D eigenvalue weighted by molar-refractivity contribution is -0.132. The average molecular weight is 468 g/mol. The third-order valence-corrected chi connectivity index (χ3v) is 6.09. The van der Waals surface area contributed by atoms with E-state index in [1.807, 2.05) is 6.92 Å². The zero-order valence-corrected chi connectivity index (χ0v) is 18.8. The Kier molecular flexibility index (Phi) is 5.96. The van der Waals surface area contributed by atoms with E-state index in [9.17, 15) is 14.7 Å². The number of benzene rings is 3. The van der Waals surface area contributed by atoms with Gasteiger partial charge >= 0.3 is 0 Å². The number of Topliss-reactive ketones (excluding diaryl/α,β-unsaturated/α-hetero) is 1. The van der Waals surface area contributed by atoms with Crippen molar-refractivity contribution < 1.29 is 19.4 Å². The second-order valence-electron chi connectivity index (χ2n) is 7.35. The molecule has 0 spiro atoms. The van der Waals surface area contributed by atoms with Crippen molar-refractivity contribution >= 4 is 46.3 Å². The molecule has 7 heteroatoms. The first-order valence-corrected chi connectivity index (χ1v) is 10.5. The van der Waals surface area contributed by atoms with Gasteiger partial charge < -0.3 is 9.84 Å². The van der Waals surface area contributed by atoms with E-state index in [1.54, 1.807) is 66.7 Å². The first-order chi connectivity index (χ1) is 15.3. The van der Waals surface area contributed by atoms with E-state index < -0.39 is 17.7 Å². The van der Waals surface area contributed by atoms with Crippen molar-refractivity contribution in [3.63, 3.8) is 0 Å². The predicted octanol–water partition coefficient (Wildman–Crippen LogP) is 5.94. The highest BCUT2D eigenvalue weighted by Gasteiger charge is 2.48. The van der Waals surface area contributed by atoms with Crippen molar-refractivity contribution in [2.24, 2.45) is 0 Å². The molecule has 3 aromatic carbocycles. The molecule has 0 aromatic heterocycles. The maximum absolute atomic E-state index is 13.2. The van der Waals surface area contributed by atoms with Crippen LogP contribution in [0.4, 0.5) is 5.69 Å². The number of aliphatic hydroxyl groups excluding tert-OH is 1. The third kappa shape index (κ3) is 3.74. The summed E-state index contributed by atoms with van der Waals surface area (Å²) in [6.07, 6.45) is 0. The number of ketones is 1. The van der Waals surface area contributed by atoms with Gasteiger partial charge in [-0.3, -0.25) is 14.5 Å². The van der Waals surface area contributed by atoms with Gasteiger partial charge in [0.1, 0.15) is 11.5 Å². The Morgan fingerprint density at radius 3 is 2.34 bits per heavy atom. The van der Waals surface area contributed by atoms with Gasteiger partial charge in [0.05, 0.1) is 18.7 Å². The number of ether oxygens (including phenoxy) is 1. The van der Waals surface area contributed by atoms with E-state index in [-0.39, 0.29) is 11.3 Å². The lowest BCUT2D eigenvalue weighted by atomic mass is 9.94. The number of carbonyl (C=O) groups is 2. The summed E-state index contributed by atoms with van der Waals surface area (Å²) in [6, 6.07) is 17.7. The molecular weight excluding hydrogens is 449 g/mol. The molecule has 1 aliphatic heterocycles. The number of hydrogen-bond acceptors (Lipinski definition) is 4. The standard InChI is InChI=1S/C25H19Cl2NO4/c1-14-7-12-17(13-19(14)27)28-22(18-5-3-4-6-20(18)32-2)21(24(30)25(28)31)23(29)15-8-10-16(26)11-9-15/h3-13,22,29H,1-2H3/b23-21+. The Labute approximate surface area is 195 Å². The highest BCUT2D eigenvalue weighted by atomic mass is 35.5. The Morgan fingerprint density at radius 1 is 1.00 bits per heavy atom. The van der Waals surface area contributed by atoms with Crippen LogP contribution in [-0.2, 0) is 9.59 Å². The fourth-order valence-electron chi connectivity index (χ4n) is 3.78. The number of carbonyl (C=O) groups excluding carboxylic acids is 2. The summed E-state index contributed by atoms with van der Waals surface area (Å²) < 4.78 is 5.51. The van der Waals surface area contributed by atoms with E-state index in [2.05, 4.69) is 0 Å². The van der Waals surface area contributed by atoms with Crippen LogP contribution in [0.1, 0.15) is 22.7 Å². The molecule has 0 saturated carbocycles. The SMILES string of the molecule is COc1ccccc1C1/C(=C(\O)c2ccc(Cl)cc2)C(=O)C(=O)N1c1ccc(C)c(Cl)c1. The molecule has 1 saturated heterocycles. The highest BCUT2D eigenvalue weighted by Crippen LogP contribution is 2.45. The largest absolute Gasteiger partial charge is 0.507 e. The fourth-order valence-corrected chi connectivity index (χ4v) is 4.08.